The van der Waals surface area contributed by atoms with E-state index in [-0.39, 0.29) is 17.3 Å². The van der Waals surface area contributed by atoms with Gasteiger partial charge in [-0.2, -0.15) is 13.2 Å². The third-order valence-corrected chi connectivity index (χ3v) is 4.58. The molecule has 3 rings (SSSR count). The van der Waals surface area contributed by atoms with Crippen molar-refractivity contribution in [2.24, 2.45) is 4.99 Å². The third-order valence-electron chi connectivity index (χ3n) is 3.62. The molecule has 1 N–H and O–H groups in total. The highest BCUT2D eigenvalue weighted by molar-refractivity contribution is 8.14. The summed E-state index contributed by atoms with van der Waals surface area (Å²) in [6.45, 7) is 0.0623. The summed E-state index contributed by atoms with van der Waals surface area (Å²) in [6.07, 6.45) is -5.17. The number of hydrogen-bond donors (Lipinski definition) is 1. The number of halogens is 3. The second-order valence-corrected chi connectivity index (χ2v) is 6.23. The minimum atomic E-state index is -5.17. The van der Waals surface area contributed by atoms with Crippen molar-refractivity contribution in [3.8, 4) is 0 Å². The molecule has 0 bridgehead atoms. The molecule has 0 radical (unpaired) electrons. The van der Waals surface area contributed by atoms with E-state index >= 15 is 0 Å². The van der Waals surface area contributed by atoms with Crippen LogP contribution in [0.15, 0.2) is 29.3 Å². The highest BCUT2D eigenvalue weighted by Crippen LogP contribution is 2.41. The maximum atomic E-state index is 13.6. The van der Waals surface area contributed by atoms with Crippen LogP contribution in [-0.4, -0.2) is 50.9 Å². The van der Waals surface area contributed by atoms with Crippen molar-refractivity contribution < 1.29 is 27.7 Å². The van der Waals surface area contributed by atoms with E-state index < -0.39 is 34.3 Å². The lowest BCUT2D eigenvalue weighted by Crippen LogP contribution is -2.63. The Morgan fingerprint density at radius 2 is 2.16 bits per heavy atom. The number of alkyl halides is 3. The first-order valence-corrected chi connectivity index (χ1v) is 7.82. The molecule has 1 fully saturated rings. The van der Waals surface area contributed by atoms with Crippen LogP contribution in [0.1, 0.15) is 10.4 Å². The molecular formula is C13H9F3N4O4S. The van der Waals surface area contributed by atoms with E-state index in [0.717, 1.165) is 40.9 Å². The van der Waals surface area contributed by atoms with E-state index in [9.17, 15) is 32.9 Å². The number of nitrogens with zero attached hydrogens (tertiary/aromatic N) is 3. The van der Waals surface area contributed by atoms with Gasteiger partial charge in [-0.1, -0.05) is 17.8 Å². The van der Waals surface area contributed by atoms with Gasteiger partial charge in [0, 0.05) is 30.0 Å². The number of hydrogen-bond acceptors (Lipinski definition) is 6. The Bertz CT molecular complexity index is 813. The molecule has 8 nitrogen and oxygen atoms in total. The Hall–Kier alpha value is -2.63. The molecule has 132 valence electrons. The van der Waals surface area contributed by atoms with Crippen molar-refractivity contribution in [3.63, 3.8) is 0 Å². The number of benzene rings is 1. The maximum absolute atomic E-state index is 13.6. The number of thioether (sulfide) groups is 1. The fourth-order valence-electron chi connectivity index (χ4n) is 2.40. The van der Waals surface area contributed by atoms with Crippen LogP contribution in [-0.2, 0) is 4.79 Å². The number of amidine groups is 1. The topological polar surface area (TPSA) is 105 Å². The molecule has 2 amide bonds. The first-order chi connectivity index (χ1) is 11.7. The number of nitrogens with one attached hydrogen (secondary N) is 1. The van der Waals surface area contributed by atoms with Crippen molar-refractivity contribution in [2.75, 3.05) is 12.3 Å². The van der Waals surface area contributed by atoms with Crippen LogP contribution in [0.5, 0.6) is 0 Å². The Kier molecular flexibility index (Phi) is 3.94. The maximum Gasteiger partial charge on any atom is 0.442 e. The van der Waals surface area contributed by atoms with Gasteiger partial charge in [-0.15, -0.1) is 0 Å². The lowest BCUT2D eigenvalue weighted by Gasteiger charge is -2.28. The first kappa shape index (κ1) is 17.2. The van der Waals surface area contributed by atoms with Crippen LogP contribution in [0.4, 0.5) is 18.9 Å². The number of carbonyl (C=O) groups excluding carboxylic acids is 2. The number of fused-ring (bicyclic) bond motifs is 1. The van der Waals surface area contributed by atoms with Crippen molar-refractivity contribution in [1.29, 1.82) is 0 Å². The van der Waals surface area contributed by atoms with E-state index in [1.54, 1.807) is 5.32 Å². The second kappa shape index (κ2) is 5.72. The Balaban J connectivity index is 1.97. The third kappa shape index (κ3) is 2.71. The molecule has 2 aliphatic heterocycles. The lowest BCUT2D eigenvalue weighted by atomic mass is 10.1. The van der Waals surface area contributed by atoms with E-state index in [1.165, 1.54) is 0 Å². The van der Waals surface area contributed by atoms with E-state index in [1.807, 2.05) is 0 Å². The van der Waals surface area contributed by atoms with Crippen LogP contribution in [0.25, 0.3) is 0 Å². The highest BCUT2D eigenvalue weighted by Gasteiger charge is 2.67. The molecule has 1 atom stereocenters. The fourth-order valence-corrected chi connectivity index (χ4v) is 3.39. The molecule has 1 aromatic carbocycles. The molecule has 12 heteroatoms. The van der Waals surface area contributed by atoms with Crippen LogP contribution >= 0.6 is 11.8 Å². The minimum Gasteiger partial charge on any atom is -0.312 e. The summed E-state index contributed by atoms with van der Waals surface area (Å²) in [4.78, 5) is 38.7. The summed E-state index contributed by atoms with van der Waals surface area (Å²) >= 11 is 0.979. The SMILES string of the molecule is O=C(N[C@]1(C(F)(F)F)N=C2SCCN2C1=O)c1cccc([N+](=O)[O-])c1. The smallest absolute Gasteiger partial charge is 0.312 e. The molecule has 2 aliphatic rings. The van der Waals surface area contributed by atoms with Gasteiger partial charge in [-0.25, -0.2) is 4.99 Å². The van der Waals surface area contributed by atoms with E-state index in [2.05, 4.69) is 4.99 Å². The summed E-state index contributed by atoms with van der Waals surface area (Å²) < 4.78 is 40.7. The van der Waals surface area contributed by atoms with E-state index in [0.29, 0.717) is 5.75 Å². The number of non-ortho nitro benzene ring substituents is 1. The number of rotatable bonds is 3. The van der Waals surface area contributed by atoms with Crippen LogP contribution in [0.2, 0.25) is 0 Å². The van der Waals surface area contributed by atoms with Gasteiger partial charge in [-0.05, 0) is 6.07 Å². The molecule has 0 unspecified atom stereocenters. The zero-order chi connectivity index (χ0) is 18.4. The van der Waals surface area contributed by atoms with Gasteiger partial charge < -0.3 is 5.32 Å². The summed E-state index contributed by atoms with van der Waals surface area (Å²) in [5, 5.41) is 12.2. The van der Waals surface area contributed by atoms with Gasteiger partial charge in [0.2, 0.25) is 0 Å². The van der Waals surface area contributed by atoms with Crippen molar-refractivity contribution >= 4 is 34.4 Å². The standard InChI is InChI=1S/C13H9F3N4O4S/c14-13(15,16)12(10(22)19-4-5-25-11(19)18-12)17-9(21)7-2-1-3-8(6-7)20(23)24/h1-3,6H,4-5H2,(H,17,21)/t12-/m0/s1. The quantitative estimate of drug-likeness (QED) is 0.638. The molecule has 1 aromatic rings. The van der Waals surface area contributed by atoms with Crippen LogP contribution in [0.3, 0.4) is 0 Å². The number of aliphatic imine (C=N–C) groups is 1. The molecule has 0 saturated carbocycles. The van der Waals surface area contributed by atoms with Crippen LogP contribution < -0.4 is 5.32 Å². The normalized spacial score (nSPS) is 22.6. The number of nitro groups is 1. The van der Waals surface area contributed by atoms with Crippen molar-refractivity contribution in [2.45, 2.75) is 11.8 Å². The Morgan fingerprint density at radius 1 is 1.44 bits per heavy atom. The zero-order valence-electron chi connectivity index (χ0n) is 12.2. The molecule has 0 aromatic heterocycles. The van der Waals surface area contributed by atoms with Gasteiger partial charge in [0.1, 0.15) is 0 Å². The minimum absolute atomic E-state index is 0.0623. The summed E-state index contributed by atoms with van der Waals surface area (Å²) in [5.41, 5.74) is -4.27. The number of nitro benzene ring substituents is 1. The largest absolute Gasteiger partial charge is 0.442 e. The van der Waals surface area contributed by atoms with Crippen molar-refractivity contribution in [1.82, 2.24) is 10.2 Å². The van der Waals surface area contributed by atoms with E-state index in [4.69, 9.17) is 0 Å². The fraction of sp³-hybridized carbons (Fsp3) is 0.308. The van der Waals surface area contributed by atoms with Gasteiger partial charge in [0.05, 0.1) is 4.92 Å². The second-order valence-electron chi connectivity index (χ2n) is 5.17. The average molecular weight is 374 g/mol. The monoisotopic (exact) mass is 374 g/mol. The number of carbonyl (C=O) groups is 2. The summed E-state index contributed by atoms with van der Waals surface area (Å²) in [5.74, 6) is -2.26. The molecule has 25 heavy (non-hydrogen) atoms. The summed E-state index contributed by atoms with van der Waals surface area (Å²) in [6, 6.07) is 4.17. The number of amides is 2. The molecular weight excluding hydrogens is 365 g/mol. The molecule has 0 spiro atoms. The predicted molar refractivity (Wildman–Crippen MR) is 81.0 cm³/mol. The highest BCUT2D eigenvalue weighted by atomic mass is 32.2. The Morgan fingerprint density at radius 3 is 2.76 bits per heavy atom. The first-order valence-electron chi connectivity index (χ1n) is 6.84. The van der Waals surface area contributed by atoms with Gasteiger partial charge >= 0.3 is 11.8 Å². The Labute approximate surface area is 142 Å². The van der Waals surface area contributed by atoms with Gasteiger partial charge in [0.15, 0.2) is 5.17 Å². The lowest BCUT2D eigenvalue weighted by molar-refractivity contribution is -0.384. The van der Waals surface area contributed by atoms with Crippen molar-refractivity contribution in [3.05, 3.63) is 39.9 Å². The summed E-state index contributed by atoms with van der Waals surface area (Å²) in [7, 11) is 0. The molecule has 0 aliphatic carbocycles. The van der Waals surface area contributed by atoms with Gasteiger partial charge in [-0.3, -0.25) is 24.6 Å². The molecule has 2 heterocycles. The predicted octanol–water partition coefficient (Wildman–Crippen LogP) is 1.53. The average Bonchev–Trinajstić information content (AvgIpc) is 3.09. The molecule has 1 saturated heterocycles. The van der Waals surface area contributed by atoms with Crippen LogP contribution in [0, 0.1) is 10.1 Å². The van der Waals surface area contributed by atoms with Gasteiger partial charge in [0.25, 0.3) is 17.5 Å². The zero-order valence-corrected chi connectivity index (χ0v) is 13.1.